The molecule has 5 nitrogen and oxygen atoms in total. The van der Waals surface area contributed by atoms with Crippen LogP contribution in [0.25, 0.3) is 0 Å². The van der Waals surface area contributed by atoms with E-state index in [9.17, 15) is 9.59 Å². The van der Waals surface area contributed by atoms with Crippen LogP contribution >= 0.6 is 0 Å². The van der Waals surface area contributed by atoms with Crippen molar-refractivity contribution in [2.75, 3.05) is 18.6 Å². The average Bonchev–Trinajstić information content (AvgIpc) is 3.06. The molecule has 0 atom stereocenters. The van der Waals surface area contributed by atoms with Crippen LogP contribution in [0.3, 0.4) is 0 Å². The summed E-state index contributed by atoms with van der Waals surface area (Å²) in [6, 6.07) is 12.7. The van der Waals surface area contributed by atoms with Crippen LogP contribution in [0.5, 0.6) is 5.75 Å². The molecule has 1 aliphatic heterocycles. The quantitative estimate of drug-likeness (QED) is 0.783. The zero-order chi connectivity index (χ0) is 17.8. The van der Waals surface area contributed by atoms with Crippen LogP contribution in [0.2, 0.25) is 0 Å². The van der Waals surface area contributed by atoms with Crippen LogP contribution in [0.4, 0.5) is 5.69 Å². The first-order valence-electron chi connectivity index (χ1n) is 8.29. The van der Waals surface area contributed by atoms with Crippen molar-refractivity contribution in [2.24, 2.45) is 0 Å². The average molecular weight is 339 g/mol. The van der Waals surface area contributed by atoms with Crippen LogP contribution in [-0.2, 0) is 16.1 Å². The van der Waals surface area contributed by atoms with Crippen molar-refractivity contribution in [2.45, 2.75) is 26.4 Å². The van der Waals surface area contributed by atoms with Crippen LogP contribution in [0.15, 0.2) is 42.5 Å². The number of carbonyl (C=O) groups excluding carboxylic acids is 2. The van der Waals surface area contributed by atoms with Crippen LogP contribution in [0, 0.1) is 6.92 Å². The van der Waals surface area contributed by atoms with Crippen molar-refractivity contribution in [1.29, 1.82) is 0 Å². The maximum Gasteiger partial charge on any atom is 0.338 e. The first-order valence-corrected chi connectivity index (χ1v) is 8.29. The molecule has 0 radical (unpaired) electrons. The third kappa shape index (κ3) is 3.82. The second-order valence-electron chi connectivity index (χ2n) is 6.09. The minimum atomic E-state index is -0.400. The Balaban J connectivity index is 1.65. The molecule has 0 aliphatic carbocycles. The third-order valence-corrected chi connectivity index (χ3v) is 4.28. The number of methoxy groups -OCH3 is 1. The number of amides is 1. The number of anilines is 1. The maximum absolute atomic E-state index is 12.3. The predicted molar refractivity (Wildman–Crippen MR) is 94.9 cm³/mol. The van der Waals surface area contributed by atoms with Crippen molar-refractivity contribution >= 4 is 17.6 Å². The molecule has 3 rings (SSSR count). The van der Waals surface area contributed by atoms with Gasteiger partial charge in [0.1, 0.15) is 12.4 Å². The van der Waals surface area contributed by atoms with Gasteiger partial charge in [-0.2, -0.15) is 0 Å². The highest BCUT2D eigenvalue weighted by molar-refractivity contribution is 5.96. The molecule has 0 saturated carbocycles. The lowest BCUT2D eigenvalue weighted by atomic mass is 10.1. The number of nitrogens with zero attached hydrogens (tertiary/aromatic N) is 1. The fourth-order valence-corrected chi connectivity index (χ4v) is 2.95. The van der Waals surface area contributed by atoms with Gasteiger partial charge in [0.25, 0.3) is 0 Å². The normalized spacial score (nSPS) is 13.8. The third-order valence-electron chi connectivity index (χ3n) is 4.28. The van der Waals surface area contributed by atoms with E-state index in [4.69, 9.17) is 9.47 Å². The van der Waals surface area contributed by atoms with Gasteiger partial charge in [-0.15, -0.1) is 0 Å². The summed E-state index contributed by atoms with van der Waals surface area (Å²) >= 11 is 0. The number of carbonyl (C=O) groups is 2. The standard InChI is InChI=1S/C20H21NO4/c1-14-5-10-18(24-2)16(12-14)13-25-20(23)15-6-8-17(9-7-15)21-11-3-4-19(21)22/h5-10,12H,3-4,11,13H2,1-2H3. The van der Waals surface area contributed by atoms with Gasteiger partial charge in [0, 0.05) is 24.2 Å². The molecule has 2 aromatic rings. The van der Waals surface area contributed by atoms with Crippen molar-refractivity contribution < 1.29 is 19.1 Å². The Morgan fingerprint density at radius 2 is 1.92 bits per heavy atom. The summed E-state index contributed by atoms with van der Waals surface area (Å²) in [4.78, 5) is 25.8. The largest absolute Gasteiger partial charge is 0.496 e. The van der Waals surface area contributed by atoms with E-state index in [1.807, 2.05) is 25.1 Å². The van der Waals surface area contributed by atoms with E-state index in [1.54, 1.807) is 36.3 Å². The number of hydrogen-bond acceptors (Lipinski definition) is 4. The molecule has 5 heteroatoms. The van der Waals surface area contributed by atoms with Gasteiger partial charge in [-0.05, 0) is 49.7 Å². The zero-order valence-corrected chi connectivity index (χ0v) is 14.5. The molecule has 1 fully saturated rings. The Bertz CT molecular complexity index is 783. The van der Waals surface area contributed by atoms with E-state index in [2.05, 4.69) is 0 Å². The minimum Gasteiger partial charge on any atom is -0.496 e. The SMILES string of the molecule is COc1ccc(C)cc1COC(=O)c1ccc(N2CCCC2=O)cc1. The molecule has 1 heterocycles. The van der Waals surface area contributed by atoms with Crippen molar-refractivity contribution in [3.63, 3.8) is 0 Å². The molecule has 0 unspecified atom stereocenters. The van der Waals surface area contributed by atoms with Gasteiger partial charge in [0.05, 0.1) is 12.7 Å². The van der Waals surface area contributed by atoms with Gasteiger partial charge in [0.15, 0.2) is 0 Å². The second kappa shape index (κ2) is 7.38. The molecule has 25 heavy (non-hydrogen) atoms. The Labute approximate surface area is 147 Å². The second-order valence-corrected chi connectivity index (χ2v) is 6.09. The number of hydrogen-bond donors (Lipinski definition) is 0. The van der Waals surface area contributed by atoms with E-state index in [0.717, 1.165) is 29.8 Å². The zero-order valence-electron chi connectivity index (χ0n) is 14.5. The van der Waals surface area contributed by atoms with Crippen LogP contribution < -0.4 is 9.64 Å². The number of esters is 1. The summed E-state index contributed by atoms with van der Waals surface area (Å²) in [6.45, 7) is 2.86. The minimum absolute atomic E-state index is 0.127. The van der Waals surface area contributed by atoms with Crippen LogP contribution in [0.1, 0.15) is 34.3 Å². The lowest BCUT2D eigenvalue weighted by molar-refractivity contribution is -0.117. The van der Waals surface area contributed by atoms with E-state index < -0.39 is 5.97 Å². The van der Waals surface area contributed by atoms with Crippen molar-refractivity contribution in [3.05, 3.63) is 59.2 Å². The monoisotopic (exact) mass is 339 g/mol. The molecule has 0 spiro atoms. The molecule has 2 aromatic carbocycles. The molecular formula is C20H21NO4. The molecule has 0 aromatic heterocycles. The summed E-state index contributed by atoms with van der Waals surface area (Å²) in [5.41, 5.74) is 3.18. The van der Waals surface area contributed by atoms with Gasteiger partial charge in [-0.25, -0.2) is 4.79 Å². The molecule has 1 aliphatic rings. The summed E-state index contributed by atoms with van der Waals surface area (Å²) in [6.07, 6.45) is 1.46. The van der Waals surface area contributed by atoms with Gasteiger partial charge < -0.3 is 14.4 Å². The van der Waals surface area contributed by atoms with E-state index in [0.29, 0.717) is 17.7 Å². The number of benzene rings is 2. The maximum atomic E-state index is 12.3. The summed E-state index contributed by atoms with van der Waals surface area (Å²) in [5.74, 6) is 0.422. The lowest BCUT2D eigenvalue weighted by Gasteiger charge is -2.15. The van der Waals surface area contributed by atoms with Gasteiger partial charge in [-0.3, -0.25) is 4.79 Å². The summed E-state index contributed by atoms with van der Waals surface area (Å²) < 4.78 is 10.7. The summed E-state index contributed by atoms with van der Waals surface area (Å²) in [7, 11) is 1.59. The highest BCUT2D eigenvalue weighted by Crippen LogP contribution is 2.23. The van der Waals surface area contributed by atoms with E-state index in [-0.39, 0.29) is 12.5 Å². The number of rotatable bonds is 5. The number of ether oxygens (including phenoxy) is 2. The smallest absolute Gasteiger partial charge is 0.338 e. The van der Waals surface area contributed by atoms with E-state index in [1.165, 1.54) is 0 Å². The molecular weight excluding hydrogens is 318 g/mol. The fraction of sp³-hybridized carbons (Fsp3) is 0.300. The van der Waals surface area contributed by atoms with Gasteiger partial charge in [0.2, 0.25) is 5.91 Å². The van der Waals surface area contributed by atoms with Crippen LogP contribution in [-0.4, -0.2) is 25.5 Å². The Kier molecular flexibility index (Phi) is 5.03. The Morgan fingerprint density at radius 1 is 1.16 bits per heavy atom. The lowest BCUT2D eigenvalue weighted by Crippen LogP contribution is -2.23. The number of aryl methyl sites for hydroxylation is 1. The fourth-order valence-electron chi connectivity index (χ4n) is 2.95. The predicted octanol–water partition coefficient (Wildman–Crippen LogP) is 3.49. The molecule has 1 saturated heterocycles. The van der Waals surface area contributed by atoms with Crippen molar-refractivity contribution in [1.82, 2.24) is 0 Å². The van der Waals surface area contributed by atoms with E-state index >= 15 is 0 Å². The molecule has 0 N–H and O–H groups in total. The van der Waals surface area contributed by atoms with Crippen molar-refractivity contribution in [3.8, 4) is 5.75 Å². The highest BCUT2D eigenvalue weighted by Gasteiger charge is 2.21. The molecule has 1 amide bonds. The van der Waals surface area contributed by atoms with Gasteiger partial charge >= 0.3 is 5.97 Å². The first-order chi connectivity index (χ1) is 12.1. The molecule has 0 bridgehead atoms. The first kappa shape index (κ1) is 17.0. The Morgan fingerprint density at radius 3 is 2.56 bits per heavy atom. The van der Waals surface area contributed by atoms with Gasteiger partial charge in [-0.1, -0.05) is 11.6 Å². The highest BCUT2D eigenvalue weighted by atomic mass is 16.5. The molecule has 130 valence electrons. The topological polar surface area (TPSA) is 55.8 Å². The Hall–Kier alpha value is -2.82. The summed E-state index contributed by atoms with van der Waals surface area (Å²) in [5, 5.41) is 0.